The highest BCUT2D eigenvalue weighted by atomic mass is 19.1. The summed E-state index contributed by atoms with van der Waals surface area (Å²) < 4.78 is 29.1. The molecule has 0 radical (unpaired) electrons. The number of carboxylic acids is 1. The van der Waals surface area contributed by atoms with E-state index < -0.39 is 23.6 Å². The summed E-state index contributed by atoms with van der Waals surface area (Å²) >= 11 is 0. The molecular weight excluding hydrogens is 268 g/mol. The van der Waals surface area contributed by atoms with Crippen LogP contribution in [-0.2, 0) is 0 Å². The summed E-state index contributed by atoms with van der Waals surface area (Å²) in [5, 5.41) is 15.9. The molecule has 1 aliphatic heterocycles. The maximum Gasteiger partial charge on any atom is 0.341 e. The zero-order chi connectivity index (χ0) is 14.3. The van der Waals surface area contributed by atoms with E-state index in [1.165, 1.54) is 29.1 Å². The van der Waals surface area contributed by atoms with Crippen molar-refractivity contribution in [2.75, 3.05) is 11.9 Å². The summed E-state index contributed by atoms with van der Waals surface area (Å²) in [4.78, 5) is 11.1. The number of nitrogens with zero attached hydrogens (tertiary/aromatic N) is 2. The third kappa shape index (κ3) is 1.82. The molecule has 7 heteroatoms. The van der Waals surface area contributed by atoms with E-state index in [0.29, 0.717) is 13.0 Å². The van der Waals surface area contributed by atoms with Gasteiger partial charge in [-0.25, -0.2) is 18.3 Å². The van der Waals surface area contributed by atoms with Gasteiger partial charge >= 0.3 is 5.97 Å². The molecule has 1 unspecified atom stereocenters. The molecule has 0 spiro atoms. The fraction of sp³-hybridized carbons (Fsp3) is 0.231. The Kier molecular flexibility index (Phi) is 2.89. The lowest BCUT2D eigenvalue weighted by atomic mass is 10.0. The number of nitrogens with one attached hydrogen (secondary N) is 1. The minimum Gasteiger partial charge on any atom is -0.477 e. The van der Waals surface area contributed by atoms with Crippen LogP contribution in [0, 0.1) is 11.6 Å². The van der Waals surface area contributed by atoms with Gasteiger partial charge in [0.05, 0.1) is 12.2 Å². The zero-order valence-corrected chi connectivity index (χ0v) is 10.3. The van der Waals surface area contributed by atoms with Crippen molar-refractivity contribution in [1.82, 2.24) is 9.78 Å². The first kappa shape index (κ1) is 12.6. The lowest BCUT2D eigenvalue weighted by Gasteiger charge is -2.26. The predicted molar refractivity (Wildman–Crippen MR) is 66.8 cm³/mol. The van der Waals surface area contributed by atoms with E-state index in [9.17, 15) is 13.6 Å². The number of halogens is 2. The van der Waals surface area contributed by atoms with Crippen molar-refractivity contribution in [3.63, 3.8) is 0 Å². The standard InChI is InChI=1S/C13H11F2N3O2/c14-8-2-1-3-9(15)11(8)10-4-5-16-12-7(13(19)20)6-17-18(10)12/h1-3,6,10,16H,4-5H2,(H,19,20). The molecule has 20 heavy (non-hydrogen) atoms. The van der Waals surface area contributed by atoms with Gasteiger partial charge in [0.2, 0.25) is 0 Å². The zero-order valence-electron chi connectivity index (χ0n) is 10.3. The van der Waals surface area contributed by atoms with Gasteiger partial charge in [0.25, 0.3) is 0 Å². The second-order valence-electron chi connectivity index (χ2n) is 4.52. The van der Waals surface area contributed by atoms with Gasteiger partial charge in [0.15, 0.2) is 0 Å². The van der Waals surface area contributed by atoms with E-state index in [2.05, 4.69) is 10.4 Å². The molecule has 104 valence electrons. The number of rotatable bonds is 2. The van der Waals surface area contributed by atoms with Crippen LogP contribution in [0.2, 0.25) is 0 Å². The Morgan fingerprint density at radius 2 is 2.10 bits per heavy atom. The smallest absolute Gasteiger partial charge is 0.341 e. The average molecular weight is 279 g/mol. The molecule has 0 aliphatic carbocycles. The lowest BCUT2D eigenvalue weighted by Crippen LogP contribution is -2.26. The first-order chi connectivity index (χ1) is 9.59. The van der Waals surface area contributed by atoms with E-state index in [1.54, 1.807) is 0 Å². The molecule has 0 saturated carbocycles. The number of carbonyl (C=O) groups is 1. The molecule has 0 amide bonds. The lowest BCUT2D eigenvalue weighted by molar-refractivity contribution is 0.0697. The topological polar surface area (TPSA) is 67.1 Å². The van der Waals surface area contributed by atoms with Crippen LogP contribution in [0.15, 0.2) is 24.4 Å². The molecule has 1 aliphatic rings. The molecule has 2 N–H and O–H groups in total. The third-order valence-corrected chi connectivity index (χ3v) is 3.36. The summed E-state index contributed by atoms with van der Waals surface area (Å²) in [5.74, 6) is -2.17. The van der Waals surface area contributed by atoms with Gasteiger partial charge in [-0.3, -0.25) is 0 Å². The SMILES string of the molecule is O=C(O)c1cnn2c1NCCC2c1c(F)cccc1F. The summed E-state index contributed by atoms with van der Waals surface area (Å²) in [6, 6.07) is 3.01. The quantitative estimate of drug-likeness (QED) is 0.885. The van der Waals surface area contributed by atoms with Crippen LogP contribution in [0.4, 0.5) is 14.6 Å². The second kappa shape index (κ2) is 4.59. The van der Waals surface area contributed by atoms with Crippen LogP contribution >= 0.6 is 0 Å². The third-order valence-electron chi connectivity index (χ3n) is 3.36. The molecule has 0 bridgehead atoms. The highest BCUT2D eigenvalue weighted by molar-refractivity contribution is 5.93. The molecule has 0 fully saturated rings. The molecule has 1 aromatic heterocycles. The van der Waals surface area contributed by atoms with Crippen molar-refractivity contribution in [1.29, 1.82) is 0 Å². The van der Waals surface area contributed by atoms with Crippen molar-refractivity contribution in [3.8, 4) is 0 Å². The van der Waals surface area contributed by atoms with Crippen LogP contribution in [0.1, 0.15) is 28.4 Å². The van der Waals surface area contributed by atoms with Crippen LogP contribution in [0.5, 0.6) is 0 Å². The molecule has 2 heterocycles. The minimum atomic E-state index is -1.13. The van der Waals surface area contributed by atoms with E-state index in [0.717, 1.165) is 0 Å². The van der Waals surface area contributed by atoms with Crippen molar-refractivity contribution >= 4 is 11.8 Å². The summed E-state index contributed by atoms with van der Waals surface area (Å²) in [7, 11) is 0. The number of benzene rings is 1. The average Bonchev–Trinajstić information content (AvgIpc) is 2.83. The summed E-state index contributed by atoms with van der Waals surface area (Å²) in [6.45, 7) is 0.421. The number of anilines is 1. The molecule has 1 aromatic carbocycles. The Bertz CT molecular complexity index is 664. The molecule has 0 saturated heterocycles. The molecule has 3 rings (SSSR count). The van der Waals surface area contributed by atoms with Crippen LogP contribution in [0.3, 0.4) is 0 Å². The maximum atomic E-state index is 13.9. The molecule has 1 atom stereocenters. The van der Waals surface area contributed by atoms with Gasteiger partial charge in [0, 0.05) is 12.1 Å². The predicted octanol–water partition coefficient (Wildman–Crippen LogP) is 2.26. The Balaban J connectivity index is 2.13. The normalized spacial score (nSPS) is 17.4. The molecule has 2 aromatic rings. The first-order valence-electron chi connectivity index (χ1n) is 6.08. The van der Waals surface area contributed by atoms with Crippen molar-refractivity contribution in [2.45, 2.75) is 12.5 Å². The van der Waals surface area contributed by atoms with Gasteiger partial charge in [0.1, 0.15) is 23.0 Å². The van der Waals surface area contributed by atoms with Gasteiger partial charge < -0.3 is 10.4 Å². The van der Waals surface area contributed by atoms with Crippen LogP contribution < -0.4 is 5.32 Å². The van der Waals surface area contributed by atoms with Crippen LogP contribution in [0.25, 0.3) is 0 Å². The van der Waals surface area contributed by atoms with Crippen molar-refractivity contribution in [2.24, 2.45) is 0 Å². The van der Waals surface area contributed by atoms with E-state index in [-0.39, 0.29) is 16.9 Å². The highest BCUT2D eigenvalue weighted by Gasteiger charge is 2.30. The number of aromatic carboxylic acids is 1. The Morgan fingerprint density at radius 1 is 1.40 bits per heavy atom. The Labute approximate surface area is 112 Å². The van der Waals surface area contributed by atoms with Crippen LogP contribution in [-0.4, -0.2) is 27.4 Å². The monoisotopic (exact) mass is 279 g/mol. The summed E-state index contributed by atoms with van der Waals surface area (Å²) in [6.07, 6.45) is 1.60. The van der Waals surface area contributed by atoms with Gasteiger partial charge in [-0.05, 0) is 18.6 Å². The van der Waals surface area contributed by atoms with Gasteiger partial charge in [-0.15, -0.1) is 0 Å². The number of fused-ring (bicyclic) bond motifs is 1. The fourth-order valence-electron chi connectivity index (χ4n) is 2.48. The number of hydrogen-bond donors (Lipinski definition) is 2. The molecule has 5 nitrogen and oxygen atoms in total. The largest absolute Gasteiger partial charge is 0.477 e. The fourth-order valence-corrected chi connectivity index (χ4v) is 2.48. The second-order valence-corrected chi connectivity index (χ2v) is 4.52. The van der Waals surface area contributed by atoms with E-state index in [1.807, 2.05) is 0 Å². The maximum absolute atomic E-state index is 13.9. The van der Waals surface area contributed by atoms with Gasteiger partial charge in [-0.2, -0.15) is 5.10 Å². The van der Waals surface area contributed by atoms with E-state index >= 15 is 0 Å². The Morgan fingerprint density at radius 3 is 2.75 bits per heavy atom. The van der Waals surface area contributed by atoms with E-state index in [4.69, 9.17) is 5.11 Å². The Hall–Kier alpha value is -2.44. The first-order valence-corrected chi connectivity index (χ1v) is 6.08. The van der Waals surface area contributed by atoms with Crippen molar-refractivity contribution < 1.29 is 18.7 Å². The molecular formula is C13H11F2N3O2. The van der Waals surface area contributed by atoms with Gasteiger partial charge in [-0.1, -0.05) is 6.07 Å². The summed E-state index contributed by atoms with van der Waals surface area (Å²) in [5.41, 5.74) is -0.0956. The minimum absolute atomic E-state index is 0.00792. The number of aromatic nitrogens is 2. The number of hydrogen-bond acceptors (Lipinski definition) is 3. The highest BCUT2D eigenvalue weighted by Crippen LogP contribution is 2.33. The van der Waals surface area contributed by atoms with Crippen molar-refractivity contribution in [3.05, 3.63) is 47.2 Å². The number of carboxylic acid groups (broad SMARTS) is 1.